The van der Waals surface area contributed by atoms with Gasteiger partial charge in [0.2, 0.25) is 0 Å². The van der Waals surface area contributed by atoms with Gasteiger partial charge >= 0.3 is 0 Å². The fourth-order valence-corrected chi connectivity index (χ4v) is 3.15. The van der Waals surface area contributed by atoms with Gasteiger partial charge in [0.25, 0.3) is 5.91 Å². The number of hydrogen-bond donors (Lipinski definition) is 0. The van der Waals surface area contributed by atoms with E-state index in [2.05, 4.69) is 0 Å². The molecule has 1 aliphatic heterocycles. The Balaban J connectivity index is 1.72. The van der Waals surface area contributed by atoms with Crippen molar-refractivity contribution in [2.24, 2.45) is 0 Å². The summed E-state index contributed by atoms with van der Waals surface area (Å²) in [6, 6.07) is 12.2. The lowest BCUT2D eigenvalue weighted by Crippen LogP contribution is -2.49. The first-order valence-corrected chi connectivity index (χ1v) is 8.37. The van der Waals surface area contributed by atoms with Crippen molar-refractivity contribution in [1.82, 2.24) is 4.90 Å². The van der Waals surface area contributed by atoms with E-state index in [4.69, 9.17) is 0 Å². The number of piperazine rings is 1. The molecule has 0 saturated carbocycles. The van der Waals surface area contributed by atoms with E-state index in [9.17, 15) is 14.0 Å². The molecule has 130 valence electrons. The summed E-state index contributed by atoms with van der Waals surface area (Å²) in [5, 5.41) is 0. The maximum Gasteiger partial charge on any atom is 0.253 e. The lowest BCUT2D eigenvalue weighted by molar-refractivity contribution is 0.0746. The minimum Gasteiger partial charge on any atom is -0.367 e. The molecule has 0 aliphatic carbocycles. The van der Waals surface area contributed by atoms with Gasteiger partial charge < -0.3 is 9.80 Å². The van der Waals surface area contributed by atoms with Gasteiger partial charge in [-0.05, 0) is 38.1 Å². The maximum atomic E-state index is 14.0. The Morgan fingerprint density at radius 2 is 1.60 bits per heavy atom. The van der Waals surface area contributed by atoms with Crippen LogP contribution in [0.1, 0.15) is 33.2 Å². The Morgan fingerprint density at radius 1 is 0.960 bits per heavy atom. The van der Waals surface area contributed by atoms with Crippen molar-refractivity contribution >= 4 is 17.4 Å². The summed E-state index contributed by atoms with van der Waals surface area (Å²) in [6.07, 6.45) is 0. The number of halogens is 1. The Labute approximate surface area is 146 Å². The molecule has 1 heterocycles. The van der Waals surface area contributed by atoms with E-state index in [1.807, 2.05) is 36.1 Å². The van der Waals surface area contributed by atoms with Crippen molar-refractivity contribution in [2.45, 2.75) is 13.8 Å². The van der Waals surface area contributed by atoms with Crippen molar-refractivity contribution in [2.75, 3.05) is 31.1 Å². The fourth-order valence-electron chi connectivity index (χ4n) is 3.15. The maximum absolute atomic E-state index is 14.0. The first kappa shape index (κ1) is 17.1. The molecule has 0 spiro atoms. The summed E-state index contributed by atoms with van der Waals surface area (Å²) in [6.45, 7) is 5.58. The van der Waals surface area contributed by atoms with Crippen LogP contribution in [-0.2, 0) is 0 Å². The van der Waals surface area contributed by atoms with Crippen LogP contribution in [0.2, 0.25) is 0 Å². The van der Waals surface area contributed by atoms with E-state index in [-0.39, 0.29) is 17.3 Å². The number of benzene rings is 2. The number of aryl methyl sites for hydroxylation is 1. The monoisotopic (exact) mass is 340 g/mol. The summed E-state index contributed by atoms with van der Waals surface area (Å²) in [7, 11) is 0. The zero-order chi connectivity index (χ0) is 18.0. The second-order valence-corrected chi connectivity index (χ2v) is 6.34. The van der Waals surface area contributed by atoms with Crippen LogP contribution in [0.25, 0.3) is 0 Å². The molecule has 0 bridgehead atoms. The highest BCUT2D eigenvalue weighted by molar-refractivity contribution is 6.00. The van der Waals surface area contributed by atoms with Crippen molar-refractivity contribution in [3.8, 4) is 0 Å². The minimum atomic E-state index is -0.497. The molecular weight excluding hydrogens is 319 g/mol. The summed E-state index contributed by atoms with van der Waals surface area (Å²) in [4.78, 5) is 28.1. The third kappa shape index (κ3) is 3.55. The second kappa shape index (κ2) is 7.05. The van der Waals surface area contributed by atoms with Gasteiger partial charge in [0.05, 0.1) is 11.3 Å². The number of ketones is 1. The van der Waals surface area contributed by atoms with Gasteiger partial charge in [0.15, 0.2) is 5.78 Å². The van der Waals surface area contributed by atoms with E-state index in [1.54, 1.807) is 17.0 Å². The molecule has 0 unspecified atom stereocenters. The van der Waals surface area contributed by atoms with Crippen LogP contribution in [0.15, 0.2) is 42.5 Å². The van der Waals surface area contributed by atoms with Crippen molar-refractivity contribution in [3.05, 3.63) is 65.0 Å². The largest absolute Gasteiger partial charge is 0.367 e. The molecule has 0 atom stereocenters. The normalized spacial score (nSPS) is 14.5. The smallest absolute Gasteiger partial charge is 0.253 e. The second-order valence-electron chi connectivity index (χ2n) is 6.34. The van der Waals surface area contributed by atoms with E-state index in [1.165, 1.54) is 13.0 Å². The molecule has 25 heavy (non-hydrogen) atoms. The van der Waals surface area contributed by atoms with Crippen molar-refractivity contribution in [1.29, 1.82) is 0 Å². The third-order valence-electron chi connectivity index (χ3n) is 4.55. The number of anilines is 1. The molecule has 0 aromatic heterocycles. The lowest BCUT2D eigenvalue weighted by Gasteiger charge is -2.37. The molecule has 1 aliphatic rings. The number of hydrogen-bond acceptors (Lipinski definition) is 3. The first-order chi connectivity index (χ1) is 12.0. The predicted octanol–water partition coefficient (Wildman–Crippen LogP) is 3.30. The molecule has 4 nitrogen and oxygen atoms in total. The molecule has 1 amide bonds. The van der Waals surface area contributed by atoms with Crippen LogP contribution >= 0.6 is 0 Å². The average Bonchev–Trinajstić information content (AvgIpc) is 2.61. The Kier molecular flexibility index (Phi) is 4.83. The van der Waals surface area contributed by atoms with Gasteiger partial charge in [-0.3, -0.25) is 9.59 Å². The number of carbonyl (C=O) groups excluding carboxylic acids is 2. The van der Waals surface area contributed by atoms with Crippen molar-refractivity contribution in [3.63, 3.8) is 0 Å². The van der Waals surface area contributed by atoms with Gasteiger partial charge in [-0.2, -0.15) is 0 Å². The van der Waals surface area contributed by atoms with E-state index >= 15 is 0 Å². The van der Waals surface area contributed by atoms with Crippen LogP contribution in [0.4, 0.5) is 10.1 Å². The van der Waals surface area contributed by atoms with Crippen LogP contribution < -0.4 is 4.90 Å². The molecule has 1 saturated heterocycles. The standard InChI is InChI=1S/C20H21FN2O2/c1-14-6-8-16(9-7-14)20(25)23-12-10-22(11-13-23)18-5-3-4-17(21)19(18)15(2)24/h3-9H,10-13H2,1-2H3. The molecule has 0 N–H and O–H groups in total. The topological polar surface area (TPSA) is 40.6 Å². The third-order valence-corrected chi connectivity index (χ3v) is 4.55. The number of Topliss-reactive ketones (excluding diaryl/α,β-unsaturated/α-hetero) is 1. The number of carbonyl (C=O) groups is 2. The van der Waals surface area contributed by atoms with Gasteiger partial charge in [-0.15, -0.1) is 0 Å². The van der Waals surface area contributed by atoms with E-state index in [0.29, 0.717) is 37.4 Å². The lowest BCUT2D eigenvalue weighted by atomic mass is 10.1. The Morgan fingerprint density at radius 3 is 2.20 bits per heavy atom. The zero-order valence-electron chi connectivity index (χ0n) is 14.5. The highest BCUT2D eigenvalue weighted by Gasteiger charge is 2.25. The summed E-state index contributed by atoms with van der Waals surface area (Å²) in [5.74, 6) is -0.778. The molecular formula is C20H21FN2O2. The van der Waals surface area contributed by atoms with Crippen LogP contribution in [0.3, 0.4) is 0 Å². The highest BCUT2D eigenvalue weighted by atomic mass is 19.1. The van der Waals surface area contributed by atoms with Gasteiger partial charge in [0.1, 0.15) is 5.82 Å². The van der Waals surface area contributed by atoms with Crippen LogP contribution in [0, 0.1) is 12.7 Å². The molecule has 0 radical (unpaired) electrons. The molecule has 5 heteroatoms. The fraction of sp³-hybridized carbons (Fsp3) is 0.300. The Hall–Kier alpha value is -2.69. The van der Waals surface area contributed by atoms with Crippen LogP contribution in [-0.4, -0.2) is 42.8 Å². The number of amides is 1. The minimum absolute atomic E-state index is 0.00526. The van der Waals surface area contributed by atoms with Gasteiger partial charge in [-0.1, -0.05) is 23.8 Å². The highest BCUT2D eigenvalue weighted by Crippen LogP contribution is 2.25. The van der Waals surface area contributed by atoms with Crippen LogP contribution in [0.5, 0.6) is 0 Å². The van der Waals surface area contributed by atoms with Crippen molar-refractivity contribution < 1.29 is 14.0 Å². The summed E-state index contributed by atoms with van der Waals surface area (Å²) >= 11 is 0. The zero-order valence-corrected chi connectivity index (χ0v) is 14.5. The molecule has 2 aromatic carbocycles. The van der Waals surface area contributed by atoms with E-state index < -0.39 is 5.82 Å². The Bertz CT molecular complexity index is 794. The molecule has 3 rings (SSSR count). The number of rotatable bonds is 3. The SMILES string of the molecule is CC(=O)c1c(F)cccc1N1CCN(C(=O)c2ccc(C)cc2)CC1. The summed E-state index contributed by atoms with van der Waals surface area (Å²) in [5.41, 5.74) is 2.52. The molecule has 1 fully saturated rings. The number of nitrogens with zero attached hydrogens (tertiary/aromatic N) is 2. The predicted molar refractivity (Wildman–Crippen MR) is 95.7 cm³/mol. The summed E-state index contributed by atoms with van der Waals surface area (Å²) < 4.78 is 14.0. The van der Waals surface area contributed by atoms with Gasteiger partial charge in [-0.25, -0.2) is 4.39 Å². The van der Waals surface area contributed by atoms with E-state index in [0.717, 1.165) is 5.56 Å². The molecule has 2 aromatic rings. The quantitative estimate of drug-likeness (QED) is 0.805. The first-order valence-electron chi connectivity index (χ1n) is 8.37. The van der Waals surface area contributed by atoms with Gasteiger partial charge in [0, 0.05) is 31.7 Å². The average molecular weight is 340 g/mol.